The Morgan fingerprint density at radius 3 is 2.62 bits per heavy atom. The summed E-state index contributed by atoms with van der Waals surface area (Å²) in [6.45, 7) is 1.74. The first-order valence-electron chi connectivity index (χ1n) is 8.73. The number of fused-ring (bicyclic) bond motifs is 1. The van der Waals surface area contributed by atoms with Crippen molar-refractivity contribution in [3.63, 3.8) is 0 Å². The molecule has 0 spiro atoms. The van der Waals surface area contributed by atoms with Crippen molar-refractivity contribution < 1.29 is 9.53 Å². The fourth-order valence-corrected chi connectivity index (χ4v) is 3.32. The summed E-state index contributed by atoms with van der Waals surface area (Å²) in [4.78, 5) is 19.0. The van der Waals surface area contributed by atoms with E-state index in [-0.39, 0.29) is 11.9 Å². The smallest absolute Gasteiger partial charge is 0.251 e. The van der Waals surface area contributed by atoms with E-state index in [0.29, 0.717) is 5.56 Å². The fourth-order valence-electron chi connectivity index (χ4n) is 3.32. The first kappa shape index (κ1) is 16.4. The van der Waals surface area contributed by atoms with Crippen molar-refractivity contribution in [1.82, 2.24) is 19.9 Å². The predicted octanol–water partition coefficient (Wildman–Crippen LogP) is 2.14. The van der Waals surface area contributed by atoms with E-state index in [2.05, 4.69) is 20.3 Å². The number of aromatic nitrogens is 3. The second kappa shape index (κ2) is 7.03. The maximum atomic E-state index is 12.4. The third-order valence-corrected chi connectivity index (χ3v) is 4.78. The van der Waals surface area contributed by atoms with Gasteiger partial charge in [0, 0.05) is 37.0 Å². The zero-order valence-corrected chi connectivity index (χ0v) is 14.6. The van der Waals surface area contributed by atoms with E-state index < -0.39 is 0 Å². The van der Waals surface area contributed by atoms with Gasteiger partial charge in [0.15, 0.2) is 5.65 Å². The molecule has 1 amide bonds. The maximum absolute atomic E-state index is 12.4. The van der Waals surface area contributed by atoms with Crippen LogP contribution in [0.15, 0.2) is 48.8 Å². The lowest BCUT2D eigenvalue weighted by Gasteiger charge is -2.33. The van der Waals surface area contributed by atoms with Crippen LogP contribution in [0.3, 0.4) is 0 Å². The second-order valence-corrected chi connectivity index (χ2v) is 6.37. The second-order valence-electron chi connectivity index (χ2n) is 6.37. The minimum atomic E-state index is -0.0375. The van der Waals surface area contributed by atoms with Gasteiger partial charge in [0.25, 0.3) is 5.91 Å². The number of hydrogen-bond acceptors (Lipinski definition) is 5. The van der Waals surface area contributed by atoms with Crippen LogP contribution in [0.1, 0.15) is 23.2 Å². The molecule has 1 saturated heterocycles. The lowest BCUT2D eigenvalue weighted by atomic mass is 10.0. The number of nitrogens with one attached hydrogen (secondary N) is 1. The zero-order valence-electron chi connectivity index (χ0n) is 14.6. The molecule has 0 unspecified atom stereocenters. The minimum Gasteiger partial charge on any atom is -0.497 e. The number of nitrogens with zero attached hydrogens (tertiary/aromatic N) is 4. The number of methoxy groups -OCH3 is 1. The lowest BCUT2D eigenvalue weighted by Crippen LogP contribution is -2.45. The normalized spacial score (nSPS) is 15.2. The van der Waals surface area contributed by atoms with Gasteiger partial charge < -0.3 is 15.0 Å². The van der Waals surface area contributed by atoms with Crippen molar-refractivity contribution in [3.05, 3.63) is 54.4 Å². The Kier molecular flexibility index (Phi) is 4.43. The Labute approximate surface area is 151 Å². The molecule has 1 N–H and O–H groups in total. The molecule has 0 saturated carbocycles. The average molecular weight is 351 g/mol. The van der Waals surface area contributed by atoms with Crippen LogP contribution in [0.25, 0.3) is 5.65 Å². The predicted molar refractivity (Wildman–Crippen MR) is 98.7 cm³/mol. The van der Waals surface area contributed by atoms with Crippen molar-refractivity contribution in [2.75, 3.05) is 25.1 Å². The third kappa shape index (κ3) is 3.20. The summed E-state index contributed by atoms with van der Waals surface area (Å²) in [6.07, 6.45) is 5.36. The van der Waals surface area contributed by atoms with Gasteiger partial charge in [-0.25, -0.2) is 4.98 Å². The molecule has 3 aromatic rings. The molecular formula is C19H21N5O2. The molecule has 7 heteroatoms. The van der Waals surface area contributed by atoms with Crippen molar-refractivity contribution in [2.45, 2.75) is 18.9 Å². The van der Waals surface area contributed by atoms with E-state index >= 15 is 0 Å². The summed E-state index contributed by atoms with van der Waals surface area (Å²) in [7, 11) is 1.61. The Bertz CT molecular complexity index is 898. The highest BCUT2D eigenvalue weighted by atomic mass is 16.5. The van der Waals surface area contributed by atoms with E-state index in [1.807, 2.05) is 22.8 Å². The van der Waals surface area contributed by atoms with E-state index in [4.69, 9.17) is 4.74 Å². The average Bonchev–Trinajstić information content (AvgIpc) is 3.17. The Hall–Kier alpha value is -3.09. The van der Waals surface area contributed by atoms with E-state index in [1.54, 1.807) is 37.6 Å². The van der Waals surface area contributed by atoms with Gasteiger partial charge in [-0.15, -0.1) is 0 Å². The first-order chi connectivity index (χ1) is 12.7. The van der Waals surface area contributed by atoms with E-state index in [1.165, 1.54) is 0 Å². The van der Waals surface area contributed by atoms with Crippen LogP contribution in [-0.4, -0.2) is 46.7 Å². The van der Waals surface area contributed by atoms with Gasteiger partial charge >= 0.3 is 0 Å². The van der Waals surface area contributed by atoms with Crippen LogP contribution in [-0.2, 0) is 0 Å². The molecule has 1 aliphatic heterocycles. The molecule has 0 radical (unpaired) electrons. The number of amides is 1. The summed E-state index contributed by atoms with van der Waals surface area (Å²) >= 11 is 0. The Morgan fingerprint density at radius 2 is 1.88 bits per heavy atom. The van der Waals surface area contributed by atoms with Crippen molar-refractivity contribution in [1.29, 1.82) is 0 Å². The summed E-state index contributed by atoms with van der Waals surface area (Å²) in [5.74, 6) is 1.75. The molecule has 7 nitrogen and oxygen atoms in total. The van der Waals surface area contributed by atoms with Gasteiger partial charge in [-0.3, -0.25) is 4.79 Å². The Morgan fingerprint density at radius 1 is 1.12 bits per heavy atom. The number of benzene rings is 1. The molecule has 1 aromatic carbocycles. The quantitative estimate of drug-likeness (QED) is 0.780. The standard InChI is InChI=1S/C19H21N5O2/c1-26-16-4-2-14(3-5-16)19(25)22-15-8-12-23(13-9-15)18-7-10-20-17-6-11-21-24(17)18/h2-7,10-11,15H,8-9,12-13H2,1H3,(H,22,25). The van der Waals surface area contributed by atoms with Gasteiger partial charge in [0.2, 0.25) is 0 Å². The summed E-state index contributed by atoms with van der Waals surface area (Å²) in [5.41, 5.74) is 1.50. The molecule has 3 heterocycles. The number of carbonyl (C=O) groups excluding carboxylic acids is 1. The maximum Gasteiger partial charge on any atom is 0.251 e. The minimum absolute atomic E-state index is 0.0375. The van der Waals surface area contributed by atoms with Crippen molar-refractivity contribution in [2.24, 2.45) is 0 Å². The third-order valence-electron chi connectivity index (χ3n) is 4.78. The van der Waals surface area contributed by atoms with Crippen LogP contribution >= 0.6 is 0 Å². The number of ether oxygens (including phenoxy) is 1. The number of anilines is 1. The molecule has 1 fully saturated rings. The lowest BCUT2D eigenvalue weighted by molar-refractivity contribution is 0.0931. The SMILES string of the molecule is COc1ccc(C(=O)NC2CCN(c3ccnc4ccnn34)CC2)cc1. The zero-order chi connectivity index (χ0) is 17.9. The van der Waals surface area contributed by atoms with Crippen molar-refractivity contribution >= 4 is 17.4 Å². The first-order valence-corrected chi connectivity index (χ1v) is 8.73. The molecule has 2 aromatic heterocycles. The molecule has 4 rings (SSSR count). The van der Waals surface area contributed by atoms with Crippen LogP contribution in [0.5, 0.6) is 5.75 Å². The molecule has 26 heavy (non-hydrogen) atoms. The molecule has 1 aliphatic rings. The van der Waals surface area contributed by atoms with Gasteiger partial charge in [0.05, 0.1) is 13.3 Å². The highest BCUT2D eigenvalue weighted by molar-refractivity contribution is 5.94. The Balaban J connectivity index is 1.37. The molecule has 0 aliphatic carbocycles. The van der Waals surface area contributed by atoms with E-state index in [9.17, 15) is 4.79 Å². The summed E-state index contributed by atoms with van der Waals surface area (Å²) in [6, 6.07) is 11.2. The van der Waals surface area contributed by atoms with Crippen LogP contribution in [0.4, 0.5) is 5.82 Å². The summed E-state index contributed by atoms with van der Waals surface area (Å²) in [5, 5.41) is 7.48. The van der Waals surface area contributed by atoms with Crippen molar-refractivity contribution in [3.8, 4) is 5.75 Å². The number of carbonyl (C=O) groups is 1. The van der Waals surface area contributed by atoms with Crippen LogP contribution in [0.2, 0.25) is 0 Å². The van der Waals surface area contributed by atoms with Gasteiger partial charge in [-0.2, -0.15) is 9.61 Å². The molecule has 0 atom stereocenters. The van der Waals surface area contributed by atoms with Gasteiger partial charge in [-0.1, -0.05) is 0 Å². The number of hydrogen-bond donors (Lipinski definition) is 1. The summed E-state index contributed by atoms with van der Waals surface area (Å²) < 4.78 is 6.99. The topological polar surface area (TPSA) is 71.8 Å². The number of rotatable bonds is 4. The van der Waals surface area contributed by atoms with Gasteiger partial charge in [-0.05, 0) is 43.2 Å². The highest BCUT2D eigenvalue weighted by Gasteiger charge is 2.22. The van der Waals surface area contributed by atoms with Crippen LogP contribution in [0, 0.1) is 0 Å². The highest BCUT2D eigenvalue weighted by Crippen LogP contribution is 2.20. The molecular weight excluding hydrogens is 330 g/mol. The van der Waals surface area contributed by atoms with E-state index in [0.717, 1.165) is 43.1 Å². The monoisotopic (exact) mass is 351 g/mol. The fraction of sp³-hybridized carbons (Fsp3) is 0.316. The number of piperidine rings is 1. The largest absolute Gasteiger partial charge is 0.497 e. The molecule has 0 bridgehead atoms. The molecule has 134 valence electrons. The van der Waals surface area contributed by atoms with Crippen LogP contribution < -0.4 is 15.0 Å². The van der Waals surface area contributed by atoms with Gasteiger partial charge in [0.1, 0.15) is 11.6 Å².